The lowest BCUT2D eigenvalue weighted by molar-refractivity contribution is -0.0955. The van der Waals surface area contributed by atoms with Crippen molar-refractivity contribution in [2.45, 2.75) is 26.1 Å². The molecule has 2 atom stereocenters. The zero-order chi connectivity index (χ0) is 11.4. The highest BCUT2D eigenvalue weighted by Crippen LogP contribution is 2.18. The van der Waals surface area contributed by atoms with Crippen molar-refractivity contribution in [2.24, 2.45) is 5.92 Å². The number of ether oxygens (including phenoxy) is 2. The third-order valence-electron chi connectivity index (χ3n) is 2.55. The number of rotatable bonds is 3. The van der Waals surface area contributed by atoms with Gasteiger partial charge in [-0.05, 0) is 13.0 Å². The summed E-state index contributed by atoms with van der Waals surface area (Å²) in [7, 11) is 2.02. The van der Waals surface area contributed by atoms with E-state index in [-0.39, 0.29) is 18.1 Å². The summed E-state index contributed by atoms with van der Waals surface area (Å²) in [6, 6.07) is 0. The van der Waals surface area contributed by atoms with Crippen LogP contribution in [0.4, 0.5) is 4.79 Å². The zero-order valence-electron chi connectivity index (χ0n) is 9.40. The number of hydrogen-bond donors (Lipinski definition) is 0. The molecule has 4 nitrogen and oxygen atoms in total. The molecule has 0 N–H and O–H groups in total. The lowest BCUT2D eigenvalue weighted by Crippen LogP contribution is -2.48. The van der Waals surface area contributed by atoms with Crippen molar-refractivity contribution < 1.29 is 14.3 Å². The Hall–Kier alpha value is -0.320. The van der Waals surface area contributed by atoms with Gasteiger partial charge in [0.2, 0.25) is 0 Å². The van der Waals surface area contributed by atoms with E-state index in [0.29, 0.717) is 6.61 Å². The lowest BCUT2D eigenvalue weighted by Gasteiger charge is -2.35. The van der Waals surface area contributed by atoms with Crippen molar-refractivity contribution in [1.82, 2.24) is 4.90 Å². The lowest BCUT2D eigenvalue weighted by atomic mass is 10.0. The van der Waals surface area contributed by atoms with Crippen molar-refractivity contribution in [2.75, 3.05) is 26.7 Å². The third kappa shape index (κ3) is 3.97. The second kappa shape index (κ2) is 5.68. The molecule has 5 heteroatoms. The Kier molecular flexibility index (Phi) is 4.83. The minimum atomic E-state index is -0.759. The van der Waals surface area contributed by atoms with Crippen LogP contribution >= 0.6 is 11.6 Å². The minimum absolute atomic E-state index is 0.0774. The van der Waals surface area contributed by atoms with Crippen LogP contribution in [0.25, 0.3) is 0 Å². The van der Waals surface area contributed by atoms with E-state index in [1.807, 2.05) is 20.9 Å². The Morgan fingerprint density at radius 2 is 2.27 bits per heavy atom. The van der Waals surface area contributed by atoms with Crippen LogP contribution < -0.4 is 0 Å². The predicted octanol–water partition coefficient (Wildman–Crippen LogP) is 1.72. The average Bonchev–Trinajstić information content (AvgIpc) is 2.13. The van der Waals surface area contributed by atoms with E-state index in [0.717, 1.165) is 13.1 Å². The molecule has 0 aromatic heterocycles. The largest absolute Gasteiger partial charge is 0.447 e. The Bertz CT molecular complexity index is 223. The Morgan fingerprint density at radius 1 is 1.60 bits per heavy atom. The van der Waals surface area contributed by atoms with Gasteiger partial charge in [0.1, 0.15) is 12.2 Å². The average molecular weight is 236 g/mol. The molecule has 1 aliphatic heterocycles. The van der Waals surface area contributed by atoms with Crippen molar-refractivity contribution >= 4 is 17.0 Å². The van der Waals surface area contributed by atoms with Crippen molar-refractivity contribution in [3.05, 3.63) is 0 Å². The van der Waals surface area contributed by atoms with Crippen molar-refractivity contribution in [3.63, 3.8) is 0 Å². The molecule has 15 heavy (non-hydrogen) atoms. The summed E-state index contributed by atoms with van der Waals surface area (Å²) >= 11 is 5.24. The molecule has 1 saturated heterocycles. The first-order valence-corrected chi connectivity index (χ1v) is 5.54. The van der Waals surface area contributed by atoms with Gasteiger partial charge in [-0.1, -0.05) is 13.8 Å². The summed E-state index contributed by atoms with van der Waals surface area (Å²) in [5.74, 6) is 0.198. The summed E-state index contributed by atoms with van der Waals surface area (Å²) in [5, 5.41) is 0. The van der Waals surface area contributed by atoms with E-state index < -0.39 is 5.43 Å². The minimum Gasteiger partial charge on any atom is -0.447 e. The quantitative estimate of drug-likeness (QED) is 0.699. The maximum atomic E-state index is 10.8. The highest BCUT2D eigenvalue weighted by atomic mass is 35.5. The van der Waals surface area contributed by atoms with E-state index >= 15 is 0 Å². The fourth-order valence-corrected chi connectivity index (χ4v) is 1.86. The topological polar surface area (TPSA) is 38.8 Å². The molecule has 0 aliphatic carbocycles. The smallest absolute Gasteiger partial charge is 0.404 e. The molecule has 0 aromatic carbocycles. The highest BCUT2D eigenvalue weighted by molar-refractivity contribution is 6.61. The molecule has 0 saturated carbocycles. The van der Waals surface area contributed by atoms with Gasteiger partial charge < -0.3 is 14.4 Å². The second-order valence-electron chi connectivity index (χ2n) is 4.24. The van der Waals surface area contributed by atoms with Gasteiger partial charge in [0.15, 0.2) is 0 Å². The first kappa shape index (κ1) is 12.7. The molecule has 2 unspecified atom stereocenters. The molecule has 1 fully saturated rings. The molecule has 0 radical (unpaired) electrons. The number of halogens is 1. The van der Waals surface area contributed by atoms with Gasteiger partial charge in [-0.3, -0.25) is 0 Å². The Labute approximate surface area is 95.5 Å². The van der Waals surface area contributed by atoms with Gasteiger partial charge in [0.05, 0.1) is 6.61 Å². The fourth-order valence-electron chi connectivity index (χ4n) is 1.76. The summed E-state index contributed by atoms with van der Waals surface area (Å²) in [6.07, 6.45) is -0.343. The summed E-state index contributed by atoms with van der Waals surface area (Å²) in [6.45, 7) is 6.33. The van der Waals surface area contributed by atoms with E-state index in [1.54, 1.807) is 0 Å². The number of likely N-dealkylation sites (N-methyl/N-ethyl adjacent to an activating group) is 1. The molecule has 1 heterocycles. The number of morpholine rings is 1. The summed E-state index contributed by atoms with van der Waals surface area (Å²) < 4.78 is 10.7. The standard InChI is InChI=1S/C10H18ClNO3/c1-7(2)9(15-10(11)13)8-6-12(3)4-5-14-8/h7-9H,4-6H2,1-3H3. The van der Waals surface area contributed by atoms with Crippen LogP contribution in [0, 0.1) is 5.92 Å². The van der Waals surface area contributed by atoms with Crippen molar-refractivity contribution in [1.29, 1.82) is 0 Å². The third-order valence-corrected chi connectivity index (χ3v) is 2.64. The molecule has 1 rings (SSSR count). The van der Waals surface area contributed by atoms with Crippen LogP contribution in [0.15, 0.2) is 0 Å². The SMILES string of the molecule is CC(C)C(OC(=O)Cl)C1CN(C)CCO1. The van der Waals surface area contributed by atoms with Crippen LogP contribution in [-0.2, 0) is 9.47 Å². The Morgan fingerprint density at radius 3 is 2.73 bits per heavy atom. The van der Waals surface area contributed by atoms with E-state index in [9.17, 15) is 4.79 Å². The zero-order valence-corrected chi connectivity index (χ0v) is 10.2. The van der Waals surface area contributed by atoms with E-state index in [2.05, 4.69) is 4.90 Å². The van der Waals surface area contributed by atoms with E-state index in [4.69, 9.17) is 21.1 Å². The predicted molar refractivity (Wildman–Crippen MR) is 58.2 cm³/mol. The van der Waals surface area contributed by atoms with Crippen LogP contribution in [0.1, 0.15) is 13.8 Å². The van der Waals surface area contributed by atoms with Crippen LogP contribution in [0.3, 0.4) is 0 Å². The van der Waals surface area contributed by atoms with Crippen LogP contribution in [0.5, 0.6) is 0 Å². The molecular weight excluding hydrogens is 218 g/mol. The van der Waals surface area contributed by atoms with Gasteiger partial charge in [-0.15, -0.1) is 0 Å². The van der Waals surface area contributed by atoms with Gasteiger partial charge >= 0.3 is 5.43 Å². The second-order valence-corrected chi connectivity index (χ2v) is 4.54. The summed E-state index contributed by atoms with van der Waals surface area (Å²) in [4.78, 5) is 12.9. The molecule has 0 bridgehead atoms. The number of carbonyl (C=O) groups is 1. The molecule has 1 aliphatic rings. The molecule has 0 amide bonds. The van der Waals surface area contributed by atoms with Gasteiger partial charge in [-0.2, -0.15) is 0 Å². The molecule has 0 spiro atoms. The fraction of sp³-hybridized carbons (Fsp3) is 0.900. The summed E-state index contributed by atoms with van der Waals surface area (Å²) in [5.41, 5.74) is -0.759. The number of carbonyl (C=O) groups excluding carboxylic acids is 1. The monoisotopic (exact) mass is 235 g/mol. The highest BCUT2D eigenvalue weighted by Gasteiger charge is 2.31. The number of hydrogen-bond acceptors (Lipinski definition) is 4. The van der Waals surface area contributed by atoms with Crippen LogP contribution in [-0.4, -0.2) is 49.3 Å². The van der Waals surface area contributed by atoms with Gasteiger partial charge in [0.25, 0.3) is 0 Å². The Balaban J connectivity index is 2.57. The van der Waals surface area contributed by atoms with Gasteiger partial charge in [0, 0.05) is 24.7 Å². The molecule has 0 aromatic rings. The normalized spacial score (nSPS) is 25.3. The molecular formula is C10H18ClNO3. The van der Waals surface area contributed by atoms with Crippen LogP contribution in [0.2, 0.25) is 0 Å². The van der Waals surface area contributed by atoms with Crippen molar-refractivity contribution in [3.8, 4) is 0 Å². The first-order chi connectivity index (χ1) is 7.00. The maximum Gasteiger partial charge on any atom is 0.404 e. The first-order valence-electron chi connectivity index (χ1n) is 5.17. The van der Waals surface area contributed by atoms with Gasteiger partial charge in [-0.25, -0.2) is 4.79 Å². The van der Waals surface area contributed by atoms with E-state index in [1.165, 1.54) is 0 Å². The maximum absolute atomic E-state index is 10.8. The number of nitrogens with zero attached hydrogens (tertiary/aromatic N) is 1. The molecule has 88 valence electrons.